The van der Waals surface area contributed by atoms with Gasteiger partial charge in [-0.25, -0.2) is 8.78 Å². The smallest absolute Gasteiger partial charge is 0.191 e. The molecule has 1 unspecified atom stereocenters. The minimum absolute atomic E-state index is 0.0591. The van der Waals surface area contributed by atoms with Crippen LogP contribution in [0, 0.1) is 17.0 Å². The van der Waals surface area contributed by atoms with Crippen LogP contribution in [0.5, 0.6) is 0 Å². The second-order valence-electron chi connectivity index (χ2n) is 6.88. The summed E-state index contributed by atoms with van der Waals surface area (Å²) >= 11 is 0. The average Bonchev–Trinajstić information content (AvgIpc) is 2.97. The molecule has 0 spiro atoms. The van der Waals surface area contributed by atoms with E-state index in [9.17, 15) is 8.78 Å². The van der Waals surface area contributed by atoms with E-state index < -0.39 is 11.6 Å². The molecular weight excluding hydrogens is 314 g/mol. The van der Waals surface area contributed by atoms with Crippen LogP contribution >= 0.6 is 0 Å². The van der Waals surface area contributed by atoms with Gasteiger partial charge in [-0.1, -0.05) is 13.0 Å². The molecule has 0 saturated carbocycles. The van der Waals surface area contributed by atoms with Crippen LogP contribution in [0.4, 0.5) is 14.5 Å². The Morgan fingerprint density at radius 1 is 1.38 bits per heavy atom. The van der Waals surface area contributed by atoms with Crippen molar-refractivity contribution in [1.29, 1.82) is 0 Å². The molecule has 1 atom stereocenters. The molecular formula is C17H24F2N4O. The standard InChI is InChI=1S/C17H24F2N4O/c1-17(10-24-11-17)9-21-16(20-2)22-12-6-7-23(8-12)15-13(18)4-3-5-14(15)19/h3-5,12H,6-11H2,1-2H3,(H2,20,21,22). The molecule has 1 aromatic carbocycles. The topological polar surface area (TPSA) is 48.9 Å². The highest BCUT2D eigenvalue weighted by molar-refractivity contribution is 5.80. The predicted molar refractivity (Wildman–Crippen MR) is 90.4 cm³/mol. The minimum Gasteiger partial charge on any atom is -0.380 e. The highest BCUT2D eigenvalue weighted by Crippen LogP contribution is 2.27. The Labute approximate surface area is 141 Å². The van der Waals surface area contributed by atoms with Crippen molar-refractivity contribution in [3.63, 3.8) is 0 Å². The number of para-hydroxylation sites is 1. The third kappa shape index (κ3) is 3.61. The SMILES string of the molecule is CN=C(NCC1(C)COC1)NC1CCN(c2c(F)cccc2F)C1. The van der Waals surface area contributed by atoms with Gasteiger partial charge in [0.1, 0.15) is 17.3 Å². The number of hydrogen-bond donors (Lipinski definition) is 2. The zero-order valence-corrected chi connectivity index (χ0v) is 14.1. The number of aliphatic imine (C=N–C) groups is 1. The average molecular weight is 338 g/mol. The number of halogens is 2. The van der Waals surface area contributed by atoms with Crippen LogP contribution in [-0.4, -0.2) is 51.9 Å². The van der Waals surface area contributed by atoms with E-state index in [1.54, 1.807) is 11.9 Å². The van der Waals surface area contributed by atoms with Crippen LogP contribution in [0.25, 0.3) is 0 Å². The summed E-state index contributed by atoms with van der Waals surface area (Å²) in [5.41, 5.74) is 0.208. The second kappa shape index (κ2) is 6.93. The summed E-state index contributed by atoms with van der Waals surface area (Å²) in [6.07, 6.45) is 0.800. The lowest BCUT2D eigenvalue weighted by Gasteiger charge is -2.38. The molecule has 2 heterocycles. The zero-order valence-electron chi connectivity index (χ0n) is 14.1. The van der Waals surface area contributed by atoms with Gasteiger partial charge >= 0.3 is 0 Å². The number of anilines is 1. The second-order valence-corrected chi connectivity index (χ2v) is 6.88. The van der Waals surface area contributed by atoms with E-state index in [4.69, 9.17) is 4.74 Å². The zero-order chi connectivity index (χ0) is 17.2. The van der Waals surface area contributed by atoms with Gasteiger partial charge in [-0.2, -0.15) is 0 Å². The lowest BCUT2D eigenvalue weighted by atomic mass is 9.89. The van der Waals surface area contributed by atoms with Crippen molar-refractivity contribution in [3.05, 3.63) is 29.8 Å². The van der Waals surface area contributed by atoms with Crippen LogP contribution < -0.4 is 15.5 Å². The van der Waals surface area contributed by atoms with E-state index in [0.717, 1.165) is 26.2 Å². The van der Waals surface area contributed by atoms with Crippen molar-refractivity contribution >= 4 is 11.6 Å². The summed E-state index contributed by atoms with van der Waals surface area (Å²) in [6.45, 7) is 5.60. The summed E-state index contributed by atoms with van der Waals surface area (Å²) < 4.78 is 33.1. The molecule has 2 saturated heterocycles. The molecule has 24 heavy (non-hydrogen) atoms. The van der Waals surface area contributed by atoms with Crippen LogP contribution in [-0.2, 0) is 4.74 Å². The van der Waals surface area contributed by atoms with Gasteiger partial charge in [0.25, 0.3) is 0 Å². The maximum atomic E-state index is 13.9. The molecule has 3 rings (SSSR count). The molecule has 1 aromatic rings. The number of ether oxygens (including phenoxy) is 1. The molecule has 2 aliphatic heterocycles. The molecule has 0 aliphatic carbocycles. The summed E-state index contributed by atoms with van der Waals surface area (Å²) in [6, 6.07) is 4.07. The normalized spacial score (nSPS) is 23.1. The minimum atomic E-state index is -0.518. The Kier molecular flexibility index (Phi) is 4.89. The van der Waals surface area contributed by atoms with Crippen LogP contribution in [0.15, 0.2) is 23.2 Å². The molecule has 2 fully saturated rings. The number of rotatable bonds is 4. The van der Waals surface area contributed by atoms with Gasteiger partial charge in [-0.3, -0.25) is 4.99 Å². The molecule has 2 aliphatic rings. The molecule has 132 valence electrons. The van der Waals surface area contributed by atoms with Gasteiger partial charge < -0.3 is 20.3 Å². The maximum Gasteiger partial charge on any atom is 0.191 e. The third-order valence-corrected chi connectivity index (χ3v) is 4.59. The molecule has 7 heteroatoms. The van der Waals surface area contributed by atoms with E-state index in [1.165, 1.54) is 18.2 Å². The van der Waals surface area contributed by atoms with Crippen molar-refractivity contribution in [2.24, 2.45) is 10.4 Å². The Morgan fingerprint density at radius 2 is 2.08 bits per heavy atom. The van der Waals surface area contributed by atoms with Crippen molar-refractivity contribution in [3.8, 4) is 0 Å². The van der Waals surface area contributed by atoms with Gasteiger partial charge in [0.05, 0.1) is 13.2 Å². The highest BCUT2D eigenvalue weighted by Gasteiger charge is 2.33. The largest absolute Gasteiger partial charge is 0.380 e. The van der Waals surface area contributed by atoms with Gasteiger partial charge in [0.15, 0.2) is 5.96 Å². The Morgan fingerprint density at radius 3 is 2.67 bits per heavy atom. The summed E-state index contributed by atoms with van der Waals surface area (Å²) in [7, 11) is 1.72. The summed E-state index contributed by atoms with van der Waals surface area (Å²) in [5.74, 6) is -0.323. The maximum absolute atomic E-state index is 13.9. The monoisotopic (exact) mass is 338 g/mol. The Hall–Kier alpha value is -1.89. The number of nitrogens with one attached hydrogen (secondary N) is 2. The highest BCUT2D eigenvalue weighted by atomic mass is 19.1. The first-order chi connectivity index (χ1) is 11.5. The van der Waals surface area contributed by atoms with Crippen LogP contribution in [0.3, 0.4) is 0 Å². The van der Waals surface area contributed by atoms with Crippen molar-refractivity contribution < 1.29 is 13.5 Å². The van der Waals surface area contributed by atoms with Gasteiger partial charge in [0, 0.05) is 38.1 Å². The van der Waals surface area contributed by atoms with E-state index >= 15 is 0 Å². The Balaban J connectivity index is 1.55. The fraction of sp³-hybridized carbons (Fsp3) is 0.588. The van der Waals surface area contributed by atoms with Crippen LogP contribution in [0.1, 0.15) is 13.3 Å². The van der Waals surface area contributed by atoms with Gasteiger partial charge in [-0.05, 0) is 18.6 Å². The number of hydrogen-bond acceptors (Lipinski definition) is 3. The van der Waals surface area contributed by atoms with E-state index in [2.05, 4.69) is 22.5 Å². The van der Waals surface area contributed by atoms with Gasteiger partial charge in [-0.15, -0.1) is 0 Å². The number of nitrogens with zero attached hydrogens (tertiary/aromatic N) is 2. The first-order valence-electron chi connectivity index (χ1n) is 8.25. The van der Waals surface area contributed by atoms with Crippen molar-refractivity contribution in [2.45, 2.75) is 19.4 Å². The molecule has 0 amide bonds. The van der Waals surface area contributed by atoms with Crippen molar-refractivity contribution in [1.82, 2.24) is 10.6 Å². The first-order valence-corrected chi connectivity index (χ1v) is 8.25. The quantitative estimate of drug-likeness (QED) is 0.649. The summed E-state index contributed by atoms with van der Waals surface area (Å²) in [5, 5.41) is 6.64. The van der Waals surface area contributed by atoms with E-state index in [1.807, 2.05) is 0 Å². The number of benzene rings is 1. The summed E-state index contributed by atoms with van der Waals surface area (Å²) in [4.78, 5) is 5.98. The molecule has 2 N–H and O–H groups in total. The van der Waals surface area contributed by atoms with Crippen molar-refractivity contribution in [2.75, 3.05) is 44.8 Å². The first kappa shape index (κ1) is 17.0. The number of guanidine groups is 1. The fourth-order valence-corrected chi connectivity index (χ4v) is 3.11. The van der Waals surface area contributed by atoms with Gasteiger partial charge in [0.2, 0.25) is 0 Å². The van der Waals surface area contributed by atoms with E-state index in [0.29, 0.717) is 19.0 Å². The van der Waals surface area contributed by atoms with E-state index in [-0.39, 0.29) is 17.1 Å². The lowest BCUT2D eigenvalue weighted by Crippen LogP contribution is -2.52. The van der Waals surface area contributed by atoms with Crippen LogP contribution in [0.2, 0.25) is 0 Å². The Bertz CT molecular complexity index is 598. The molecule has 5 nitrogen and oxygen atoms in total. The lowest BCUT2D eigenvalue weighted by molar-refractivity contribution is -0.0971. The fourth-order valence-electron chi connectivity index (χ4n) is 3.11. The predicted octanol–water partition coefficient (Wildman–Crippen LogP) is 1.74. The molecule has 0 bridgehead atoms. The molecule has 0 radical (unpaired) electrons. The molecule has 0 aromatic heterocycles. The third-order valence-electron chi connectivity index (χ3n) is 4.59.